The number of rotatable bonds is 7. The van der Waals surface area contributed by atoms with Crippen molar-refractivity contribution in [2.24, 2.45) is 5.92 Å². The van der Waals surface area contributed by atoms with Crippen molar-refractivity contribution in [1.29, 1.82) is 0 Å². The van der Waals surface area contributed by atoms with Crippen LogP contribution < -0.4 is 4.72 Å². The van der Waals surface area contributed by atoms with Crippen molar-refractivity contribution in [3.63, 3.8) is 0 Å². The van der Waals surface area contributed by atoms with Gasteiger partial charge >= 0.3 is 0 Å². The van der Waals surface area contributed by atoms with E-state index in [0.29, 0.717) is 17.2 Å². The van der Waals surface area contributed by atoms with Crippen molar-refractivity contribution >= 4 is 37.3 Å². The largest absolute Gasteiger partial charge is 0.396 e. The molecule has 1 aromatic heterocycles. The molecule has 1 heterocycles. The fourth-order valence-electron chi connectivity index (χ4n) is 1.37. The number of halogens is 1. The molecule has 0 saturated carbocycles. The summed E-state index contributed by atoms with van der Waals surface area (Å²) in [5, 5.41) is 8.84. The Morgan fingerprint density at radius 1 is 1.53 bits per heavy atom. The van der Waals surface area contributed by atoms with Gasteiger partial charge in [-0.3, -0.25) is 0 Å². The zero-order valence-electron chi connectivity index (χ0n) is 9.52. The Labute approximate surface area is 114 Å². The topological polar surface area (TPSA) is 66.4 Å². The molecule has 1 atom stereocenters. The van der Waals surface area contributed by atoms with Crippen molar-refractivity contribution in [2.75, 3.05) is 13.2 Å². The molecule has 4 nitrogen and oxygen atoms in total. The Bertz CT molecular complexity index is 444. The first-order valence-corrected chi connectivity index (χ1v) is 8.44. The van der Waals surface area contributed by atoms with Gasteiger partial charge in [-0.25, -0.2) is 13.1 Å². The predicted octanol–water partition coefficient (Wildman–Crippen LogP) is 2.20. The lowest BCUT2D eigenvalue weighted by atomic mass is 10.0. The number of thiophene rings is 1. The maximum Gasteiger partial charge on any atom is 0.250 e. The minimum atomic E-state index is -3.41. The molecule has 17 heavy (non-hydrogen) atoms. The van der Waals surface area contributed by atoms with Crippen molar-refractivity contribution in [1.82, 2.24) is 4.72 Å². The van der Waals surface area contributed by atoms with E-state index in [4.69, 9.17) is 5.11 Å². The average molecular weight is 342 g/mol. The Morgan fingerprint density at radius 3 is 2.71 bits per heavy atom. The quantitative estimate of drug-likeness (QED) is 0.798. The van der Waals surface area contributed by atoms with Gasteiger partial charge in [0.05, 0.1) is 3.79 Å². The molecular formula is C10H16BrNO3S2. The summed E-state index contributed by atoms with van der Waals surface area (Å²) in [7, 11) is -3.41. The predicted molar refractivity (Wildman–Crippen MR) is 72.7 cm³/mol. The highest BCUT2D eigenvalue weighted by molar-refractivity contribution is 9.11. The van der Waals surface area contributed by atoms with Gasteiger partial charge in [0.1, 0.15) is 4.21 Å². The maximum atomic E-state index is 11.9. The molecule has 1 rings (SSSR count). The van der Waals surface area contributed by atoms with Gasteiger partial charge in [-0.1, -0.05) is 13.3 Å². The van der Waals surface area contributed by atoms with E-state index in [0.717, 1.165) is 10.2 Å². The van der Waals surface area contributed by atoms with E-state index in [2.05, 4.69) is 20.7 Å². The molecule has 0 radical (unpaired) electrons. The molecule has 1 aromatic rings. The molecule has 0 fully saturated rings. The Morgan fingerprint density at radius 2 is 2.24 bits per heavy atom. The molecule has 0 amide bonds. The summed E-state index contributed by atoms with van der Waals surface area (Å²) in [6.45, 7) is 2.44. The molecule has 0 aliphatic rings. The van der Waals surface area contributed by atoms with E-state index in [9.17, 15) is 8.42 Å². The van der Waals surface area contributed by atoms with Crippen LogP contribution in [-0.4, -0.2) is 26.7 Å². The summed E-state index contributed by atoms with van der Waals surface area (Å²) in [5.74, 6) is 0.179. The number of hydrogen-bond donors (Lipinski definition) is 2. The molecule has 0 bridgehead atoms. The second-order valence-corrected chi connectivity index (χ2v) is 8.15. The summed E-state index contributed by atoms with van der Waals surface area (Å²) in [5.41, 5.74) is 0. The van der Waals surface area contributed by atoms with Crippen LogP contribution in [0.2, 0.25) is 0 Å². The lowest BCUT2D eigenvalue weighted by Crippen LogP contribution is -2.29. The van der Waals surface area contributed by atoms with Gasteiger partial charge in [0.2, 0.25) is 10.0 Å². The van der Waals surface area contributed by atoms with Crippen LogP contribution in [0.15, 0.2) is 20.1 Å². The van der Waals surface area contributed by atoms with Crippen LogP contribution in [0, 0.1) is 5.92 Å². The normalized spacial score (nSPS) is 13.8. The first kappa shape index (κ1) is 15.1. The lowest BCUT2D eigenvalue weighted by molar-refractivity contribution is 0.254. The highest BCUT2D eigenvalue weighted by atomic mass is 79.9. The third-order valence-corrected chi connectivity index (χ3v) is 6.03. The molecule has 2 N–H and O–H groups in total. The van der Waals surface area contributed by atoms with Crippen LogP contribution >= 0.6 is 27.3 Å². The van der Waals surface area contributed by atoms with Gasteiger partial charge in [-0.05, 0) is 40.4 Å². The molecule has 0 aliphatic heterocycles. The van der Waals surface area contributed by atoms with Crippen LogP contribution in [0.1, 0.15) is 19.8 Å². The van der Waals surface area contributed by atoms with Gasteiger partial charge < -0.3 is 5.11 Å². The summed E-state index contributed by atoms with van der Waals surface area (Å²) in [6, 6.07) is 3.29. The second-order valence-electron chi connectivity index (χ2n) is 3.70. The zero-order valence-corrected chi connectivity index (χ0v) is 12.7. The maximum absolute atomic E-state index is 11.9. The molecule has 0 saturated heterocycles. The fraction of sp³-hybridized carbons (Fsp3) is 0.600. The highest BCUT2D eigenvalue weighted by Gasteiger charge is 2.17. The summed E-state index contributed by atoms with van der Waals surface area (Å²) < 4.78 is 27.4. The Balaban J connectivity index is 2.61. The van der Waals surface area contributed by atoms with Crippen molar-refractivity contribution in [3.05, 3.63) is 15.9 Å². The van der Waals surface area contributed by atoms with Crippen molar-refractivity contribution < 1.29 is 13.5 Å². The zero-order chi connectivity index (χ0) is 12.9. The van der Waals surface area contributed by atoms with E-state index < -0.39 is 10.0 Å². The van der Waals surface area contributed by atoms with Crippen molar-refractivity contribution in [3.8, 4) is 0 Å². The third kappa shape index (κ3) is 4.67. The van der Waals surface area contributed by atoms with E-state index in [1.165, 1.54) is 11.3 Å². The Kier molecular flexibility index (Phi) is 6.08. The molecule has 0 aromatic carbocycles. The monoisotopic (exact) mass is 341 g/mol. The number of aliphatic hydroxyl groups is 1. The van der Waals surface area contributed by atoms with E-state index >= 15 is 0 Å². The summed E-state index contributed by atoms with van der Waals surface area (Å²) in [6.07, 6.45) is 1.46. The van der Waals surface area contributed by atoms with E-state index in [1.54, 1.807) is 12.1 Å². The average Bonchev–Trinajstić information content (AvgIpc) is 2.72. The van der Waals surface area contributed by atoms with Crippen molar-refractivity contribution in [2.45, 2.75) is 24.0 Å². The van der Waals surface area contributed by atoms with E-state index in [1.807, 2.05) is 6.92 Å². The summed E-state index contributed by atoms with van der Waals surface area (Å²) >= 11 is 4.42. The minimum Gasteiger partial charge on any atom is -0.396 e. The highest BCUT2D eigenvalue weighted by Crippen LogP contribution is 2.25. The fourth-order valence-corrected chi connectivity index (χ4v) is 4.54. The second kappa shape index (κ2) is 6.84. The number of hydrogen-bond acceptors (Lipinski definition) is 4. The molecule has 98 valence electrons. The number of aliphatic hydroxyl groups excluding tert-OH is 1. The molecule has 1 unspecified atom stereocenters. The van der Waals surface area contributed by atoms with Crippen LogP contribution in [0.4, 0.5) is 0 Å². The lowest BCUT2D eigenvalue weighted by Gasteiger charge is -2.13. The minimum absolute atomic E-state index is 0.0881. The van der Waals surface area contributed by atoms with Crippen LogP contribution in [0.5, 0.6) is 0 Å². The Hall–Kier alpha value is 0.0500. The molecule has 0 aliphatic carbocycles. The summed E-state index contributed by atoms with van der Waals surface area (Å²) in [4.78, 5) is 0. The SMILES string of the molecule is CCC(CCO)CNS(=O)(=O)c1ccc(Br)s1. The third-order valence-electron chi connectivity index (χ3n) is 2.49. The van der Waals surface area contributed by atoms with Crippen LogP contribution in [0.25, 0.3) is 0 Å². The van der Waals surface area contributed by atoms with Crippen LogP contribution in [-0.2, 0) is 10.0 Å². The standard InChI is InChI=1S/C10H16BrNO3S2/c1-2-8(5-6-13)7-12-17(14,15)10-4-3-9(11)16-10/h3-4,8,12-13H,2,5-7H2,1H3. The molecule has 7 heteroatoms. The molecule has 0 spiro atoms. The smallest absolute Gasteiger partial charge is 0.250 e. The van der Waals surface area contributed by atoms with Crippen LogP contribution in [0.3, 0.4) is 0 Å². The number of nitrogens with one attached hydrogen (secondary N) is 1. The molecular weight excluding hydrogens is 326 g/mol. The van der Waals surface area contributed by atoms with Gasteiger partial charge in [-0.2, -0.15) is 0 Å². The first-order valence-electron chi connectivity index (χ1n) is 5.35. The van der Waals surface area contributed by atoms with Gasteiger partial charge in [0, 0.05) is 13.2 Å². The van der Waals surface area contributed by atoms with Gasteiger partial charge in [-0.15, -0.1) is 11.3 Å². The number of sulfonamides is 1. The van der Waals surface area contributed by atoms with Gasteiger partial charge in [0.15, 0.2) is 0 Å². The first-order chi connectivity index (χ1) is 7.99. The van der Waals surface area contributed by atoms with Gasteiger partial charge in [0.25, 0.3) is 0 Å². The van der Waals surface area contributed by atoms with E-state index in [-0.39, 0.29) is 12.5 Å².